The fourth-order valence-electron chi connectivity index (χ4n) is 1.27. The van der Waals surface area contributed by atoms with E-state index >= 15 is 0 Å². The van der Waals surface area contributed by atoms with E-state index in [1.54, 1.807) is 6.20 Å². The minimum absolute atomic E-state index is 0.416. The third-order valence-electron chi connectivity index (χ3n) is 2.15. The number of thiazole rings is 1. The van der Waals surface area contributed by atoms with Gasteiger partial charge in [-0.1, -0.05) is 31.1 Å². The van der Waals surface area contributed by atoms with Gasteiger partial charge in [0.25, 0.3) is 0 Å². The van der Waals surface area contributed by atoms with E-state index in [9.17, 15) is 9.59 Å². The molecule has 1 heterocycles. The van der Waals surface area contributed by atoms with Crippen LogP contribution in [0.4, 0.5) is 9.93 Å². The number of urea groups is 1. The molecule has 8 heteroatoms. The number of hydrogen-bond donors (Lipinski definition) is 3. The summed E-state index contributed by atoms with van der Waals surface area (Å²) in [4.78, 5) is 26.4. The molecule has 3 N–H and O–H groups in total. The molecule has 0 radical (unpaired) electrons. The van der Waals surface area contributed by atoms with Gasteiger partial charge in [-0.05, 0) is 22.4 Å². The Morgan fingerprint density at radius 2 is 2.33 bits per heavy atom. The quantitative estimate of drug-likeness (QED) is 0.745. The van der Waals surface area contributed by atoms with Crippen LogP contribution < -0.4 is 10.6 Å². The van der Waals surface area contributed by atoms with Crippen LogP contribution in [0.5, 0.6) is 0 Å². The van der Waals surface area contributed by atoms with Crippen molar-refractivity contribution < 1.29 is 14.7 Å². The average Bonchev–Trinajstić information content (AvgIpc) is 2.69. The number of amides is 2. The molecule has 0 unspecified atom stereocenters. The molecular formula is C10H14BrN3O3S. The highest BCUT2D eigenvalue weighted by Gasteiger charge is 2.19. The van der Waals surface area contributed by atoms with E-state index in [-0.39, 0.29) is 0 Å². The molecule has 100 valence electrons. The van der Waals surface area contributed by atoms with Crippen LogP contribution in [-0.4, -0.2) is 28.1 Å². The molecule has 1 aromatic rings. The van der Waals surface area contributed by atoms with Crippen molar-refractivity contribution in [2.45, 2.75) is 32.2 Å². The van der Waals surface area contributed by atoms with Crippen molar-refractivity contribution >= 4 is 44.4 Å². The zero-order valence-corrected chi connectivity index (χ0v) is 12.2. The van der Waals surface area contributed by atoms with E-state index in [2.05, 4.69) is 31.5 Å². The van der Waals surface area contributed by atoms with Crippen LogP contribution in [0.25, 0.3) is 0 Å². The highest BCUT2D eigenvalue weighted by Crippen LogP contribution is 2.22. The second-order valence-corrected chi connectivity index (χ2v) is 6.01. The Kier molecular flexibility index (Phi) is 6.06. The number of aliphatic carboxylic acids is 1. The molecule has 0 fully saturated rings. The fourth-order valence-corrected chi connectivity index (χ4v) is 2.37. The Hall–Kier alpha value is -1.15. The number of carboxylic acids is 1. The largest absolute Gasteiger partial charge is 0.480 e. The van der Waals surface area contributed by atoms with E-state index in [1.165, 1.54) is 11.3 Å². The minimum atomic E-state index is -1.03. The summed E-state index contributed by atoms with van der Waals surface area (Å²) in [5.41, 5.74) is 0. The Labute approximate surface area is 117 Å². The maximum atomic E-state index is 11.6. The number of carbonyl (C=O) groups excluding carboxylic acids is 1. The lowest BCUT2D eigenvalue weighted by atomic mass is 10.1. The molecular weight excluding hydrogens is 322 g/mol. The maximum Gasteiger partial charge on any atom is 0.326 e. The van der Waals surface area contributed by atoms with Crippen LogP contribution in [0, 0.1) is 0 Å². The second kappa shape index (κ2) is 7.32. The first-order valence-corrected chi connectivity index (χ1v) is 7.05. The third kappa shape index (κ3) is 5.01. The van der Waals surface area contributed by atoms with Gasteiger partial charge in [0, 0.05) is 0 Å². The Balaban J connectivity index is 2.48. The van der Waals surface area contributed by atoms with Crippen molar-refractivity contribution in [3.63, 3.8) is 0 Å². The molecule has 0 aliphatic carbocycles. The molecule has 0 aliphatic heterocycles. The van der Waals surface area contributed by atoms with E-state index in [0.29, 0.717) is 11.6 Å². The monoisotopic (exact) mass is 335 g/mol. The summed E-state index contributed by atoms with van der Waals surface area (Å²) in [7, 11) is 0. The third-order valence-corrected chi connectivity index (χ3v) is 3.54. The predicted molar refractivity (Wildman–Crippen MR) is 72.9 cm³/mol. The molecule has 0 aromatic carbocycles. The molecule has 0 spiro atoms. The smallest absolute Gasteiger partial charge is 0.326 e. The van der Waals surface area contributed by atoms with Crippen molar-refractivity contribution in [1.82, 2.24) is 10.3 Å². The van der Waals surface area contributed by atoms with Crippen LogP contribution in [0.15, 0.2) is 9.98 Å². The number of nitrogens with one attached hydrogen (secondary N) is 2. The van der Waals surface area contributed by atoms with Gasteiger partial charge in [0.2, 0.25) is 0 Å². The number of halogens is 1. The van der Waals surface area contributed by atoms with E-state index in [1.807, 2.05) is 6.92 Å². The number of rotatable bonds is 6. The summed E-state index contributed by atoms with van der Waals surface area (Å²) >= 11 is 4.48. The van der Waals surface area contributed by atoms with Gasteiger partial charge >= 0.3 is 12.0 Å². The van der Waals surface area contributed by atoms with Crippen LogP contribution in [0.2, 0.25) is 0 Å². The van der Waals surface area contributed by atoms with Crippen molar-refractivity contribution in [2.24, 2.45) is 0 Å². The molecule has 6 nitrogen and oxygen atoms in total. The lowest BCUT2D eigenvalue weighted by Gasteiger charge is -2.13. The molecule has 1 rings (SSSR count). The topological polar surface area (TPSA) is 91.3 Å². The zero-order chi connectivity index (χ0) is 13.5. The molecule has 0 saturated heterocycles. The first-order chi connectivity index (χ1) is 8.52. The number of anilines is 1. The standard InChI is InChI=1S/C10H14BrN3O3S/c1-2-3-4-6(8(15)16)13-9(17)14-10-12-5-7(11)18-10/h5-6H,2-4H2,1H3,(H,15,16)(H2,12,13,14,17)/t6-/m0/s1. The van der Waals surface area contributed by atoms with Crippen molar-refractivity contribution in [3.05, 3.63) is 9.98 Å². The number of nitrogens with zero attached hydrogens (tertiary/aromatic N) is 1. The van der Waals surface area contributed by atoms with Crippen LogP contribution >= 0.6 is 27.3 Å². The second-order valence-electron chi connectivity index (χ2n) is 3.60. The van der Waals surface area contributed by atoms with Gasteiger partial charge in [-0.3, -0.25) is 5.32 Å². The first-order valence-electron chi connectivity index (χ1n) is 5.44. The number of carboxylic acid groups (broad SMARTS) is 1. The number of hydrogen-bond acceptors (Lipinski definition) is 4. The van der Waals surface area contributed by atoms with Crippen molar-refractivity contribution in [2.75, 3.05) is 5.32 Å². The van der Waals surface area contributed by atoms with Crippen LogP contribution in [-0.2, 0) is 4.79 Å². The highest BCUT2D eigenvalue weighted by molar-refractivity contribution is 9.11. The van der Waals surface area contributed by atoms with Gasteiger partial charge in [-0.15, -0.1) is 0 Å². The molecule has 0 saturated carbocycles. The Morgan fingerprint density at radius 3 is 2.83 bits per heavy atom. The summed E-state index contributed by atoms with van der Waals surface area (Å²) in [5.74, 6) is -1.03. The summed E-state index contributed by atoms with van der Waals surface area (Å²) in [6.07, 6.45) is 3.61. The van der Waals surface area contributed by atoms with Crippen molar-refractivity contribution in [1.29, 1.82) is 0 Å². The fraction of sp³-hybridized carbons (Fsp3) is 0.500. The average molecular weight is 336 g/mol. The summed E-state index contributed by atoms with van der Waals surface area (Å²) < 4.78 is 0.790. The number of aromatic nitrogens is 1. The maximum absolute atomic E-state index is 11.6. The molecule has 1 atom stereocenters. The summed E-state index contributed by atoms with van der Waals surface area (Å²) in [6.45, 7) is 1.96. The molecule has 0 aliphatic rings. The summed E-state index contributed by atoms with van der Waals surface area (Å²) in [6, 6.07) is -1.42. The number of unbranched alkanes of at least 4 members (excludes halogenated alkanes) is 1. The molecule has 0 bridgehead atoms. The zero-order valence-electron chi connectivity index (χ0n) is 9.77. The van der Waals surface area contributed by atoms with E-state index in [4.69, 9.17) is 5.11 Å². The molecule has 18 heavy (non-hydrogen) atoms. The van der Waals surface area contributed by atoms with Gasteiger partial charge in [0.15, 0.2) is 5.13 Å². The van der Waals surface area contributed by atoms with Crippen molar-refractivity contribution in [3.8, 4) is 0 Å². The minimum Gasteiger partial charge on any atom is -0.480 e. The Morgan fingerprint density at radius 1 is 1.61 bits per heavy atom. The van der Waals surface area contributed by atoms with Gasteiger partial charge in [0.1, 0.15) is 6.04 Å². The summed E-state index contributed by atoms with van der Waals surface area (Å²) in [5, 5.41) is 14.3. The SMILES string of the molecule is CCCC[C@H](NC(=O)Nc1ncc(Br)s1)C(=O)O. The van der Waals surface area contributed by atoms with Gasteiger partial charge in [0.05, 0.1) is 9.98 Å². The Bertz CT molecular complexity index is 424. The van der Waals surface area contributed by atoms with Crippen LogP contribution in [0.3, 0.4) is 0 Å². The number of carbonyl (C=O) groups is 2. The normalized spacial score (nSPS) is 11.9. The van der Waals surface area contributed by atoms with Gasteiger partial charge < -0.3 is 10.4 Å². The molecule has 1 aromatic heterocycles. The molecule has 2 amide bonds. The lowest BCUT2D eigenvalue weighted by molar-refractivity contribution is -0.139. The van der Waals surface area contributed by atoms with E-state index in [0.717, 1.165) is 16.6 Å². The predicted octanol–water partition coefficient (Wildman–Crippen LogP) is 2.67. The first kappa shape index (κ1) is 14.9. The lowest BCUT2D eigenvalue weighted by Crippen LogP contribution is -2.42. The van der Waals surface area contributed by atoms with Gasteiger partial charge in [-0.2, -0.15) is 0 Å². The highest BCUT2D eigenvalue weighted by atomic mass is 79.9. The van der Waals surface area contributed by atoms with Gasteiger partial charge in [-0.25, -0.2) is 14.6 Å². The van der Waals surface area contributed by atoms with E-state index < -0.39 is 18.0 Å². The van der Waals surface area contributed by atoms with Crippen LogP contribution in [0.1, 0.15) is 26.2 Å².